The Morgan fingerprint density at radius 3 is 2.33 bits per heavy atom. The van der Waals surface area contributed by atoms with Gasteiger partial charge in [0.25, 0.3) is 11.8 Å². The minimum Gasteiger partial charge on any atom is -0.496 e. The van der Waals surface area contributed by atoms with Crippen molar-refractivity contribution in [2.24, 2.45) is 0 Å². The predicted molar refractivity (Wildman–Crippen MR) is 97.8 cm³/mol. The van der Waals surface area contributed by atoms with Gasteiger partial charge in [-0.15, -0.1) is 0 Å². The average Bonchev–Trinajstić information content (AvgIpc) is 2.60. The van der Waals surface area contributed by atoms with Crippen molar-refractivity contribution < 1.29 is 14.3 Å². The average molecular weight is 408 g/mol. The van der Waals surface area contributed by atoms with E-state index in [0.29, 0.717) is 21.3 Å². The lowest BCUT2D eigenvalue weighted by Gasteiger charge is -2.11. The third-order valence-electron chi connectivity index (χ3n) is 2.97. The number of amides is 2. The van der Waals surface area contributed by atoms with E-state index in [2.05, 4.69) is 32.1 Å². The molecule has 0 atom stereocenters. The molecule has 0 heterocycles. The molecule has 2 aromatic carbocycles. The Morgan fingerprint density at radius 2 is 1.71 bits per heavy atom. The molecule has 8 heteroatoms. The van der Waals surface area contributed by atoms with Gasteiger partial charge in [-0.3, -0.25) is 25.8 Å². The molecule has 0 spiro atoms. The van der Waals surface area contributed by atoms with Crippen molar-refractivity contribution in [1.82, 2.24) is 16.2 Å². The van der Waals surface area contributed by atoms with E-state index in [9.17, 15) is 9.59 Å². The monoisotopic (exact) mass is 407 g/mol. The number of carbonyl (C=O) groups is 2. The molecule has 2 amide bonds. The highest BCUT2D eigenvalue weighted by atomic mass is 79.9. The number of rotatable bonds is 3. The van der Waals surface area contributed by atoms with Crippen LogP contribution in [-0.4, -0.2) is 24.0 Å². The van der Waals surface area contributed by atoms with Crippen LogP contribution >= 0.6 is 28.1 Å². The van der Waals surface area contributed by atoms with Gasteiger partial charge in [-0.05, 0) is 58.5 Å². The zero-order valence-corrected chi connectivity index (χ0v) is 15.0. The van der Waals surface area contributed by atoms with E-state index in [1.807, 2.05) is 6.07 Å². The van der Waals surface area contributed by atoms with Crippen LogP contribution in [0.4, 0.5) is 0 Å². The number of ether oxygens (including phenoxy) is 1. The fourth-order valence-electron chi connectivity index (χ4n) is 1.79. The van der Waals surface area contributed by atoms with Crippen LogP contribution in [0.25, 0.3) is 0 Å². The lowest BCUT2D eigenvalue weighted by molar-refractivity contribution is 0.0934. The second-order valence-corrected chi connectivity index (χ2v) is 5.84. The summed E-state index contributed by atoms with van der Waals surface area (Å²) in [6.07, 6.45) is 0. The molecule has 0 unspecified atom stereocenters. The normalized spacial score (nSPS) is 9.75. The first-order valence-corrected chi connectivity index (χ1v) is 8.01. The van der Waals surface area contributed by atoms with E-state index in [0.717, 1.165) is 0 Å². The molecule has 0 aliphatic rings. The maximum atomic E-state index is 12.1. The topological polar surface area (TPSA) is 79.5 Å². The highest BCUT2D eigenvalue weighted by molar-refractivity contribution is 9.10. The van der Waals surface area contributed by atoms with Gasteiger partial charge < -0.3 is 4.74 Å². The fourth-order valence-corrected chi connectivity index (χ4v) is 2.47. The van der Waals surface area contributed by atoms with Crippen molar-refractivity contribution >= 4 is 45.1 Å². The summed E-state index contributed by atoms with van der Waals surface area (Å²) in [4.78, 5) is 24.0. The maximum absolute atomic E-state index is 12.1. The number of halogens is 1. The van der Waals surface area contributed by atoms with Crippen molar-refractivity contribution in [2.75, 3.05) is 7.11 Å². The number of methoxy groups -OCH3 is 1. The highest BCUT2D eigenvalue weighted by Gasteiger charge is 2.11. The molecule has 6 nitrogen and oxygen atoms in total. The number of thiocarbonyl (C=S) groups is 1. The Balaban J connectivity index is 1.89. The molecule has 0 saturated heterocycles. The molecule has 124 valence electrons. The molecule has 0 saturated carbocycles. The molecule has 0 radical (unpaired) electrons. The van der Waals surface area contributed by atoms with Gasteiger partial charge in [-0.2, -0.15) is 0 Å². The van der Waals surface area contributed by atoms with E-state index in [1.165, 1.54) is 7.11 Å². The summed E-state index contributed by atoms with van der Waals surface area (Å²) in [5.41, 5.74) is 5.75. The zero-order valence-electron chi connectivity index (χ0n) is 12.6. The number of hydrogen-bond donors (Lipinski definition) is 3. The molecule has 2 rings (SSSR count). The standard InChI is InChI=1S/C16H14BrN3O3S/c1-23-13-8-7-11(9-12(13)17)14(21)18-16(24)20-19-15(22)10-5-3-2-4-6-10/h2-9H,1H3,(H,19,22)(H2,18,20,21,24). The van der Waals surface area contributed by atoms with Gasteiger partial charge in [0.05, 0.1) is 11.6 Å². The Bertz CT molecular complexity index is 768. The van der Waals surface area contributed by atoms with Gasteiger partial charge in [0.15, 0.2) is 5.11 Å². The number of benzene rings is 2. The van der Waals surface area contributed by atoms with Gasteiger partial charge >= 0.3 is 0 Å². The Labute approximate surface area is 152 Å². The van der Waals surface area contributed by atoms with Crippen LogP contribution in [0, 0.1) is 0 Å². The van der Waals surface area contributed by atoms with E-state index < -0.39 is 5.91 Å². The predicted octanol–water partition coefficient (Wildman–Crippen LogP) is 2.41. The van der Waals surface area contributed by atoms with Crippen molar-refractivity contribution in [3.05, 3.63) is 64.1 Å². The molecule has 0 fully saturated rings. The largest absolute Gasteiger partial charge is 0.496 e. The molecule has 0 aliphatic heterocycles. The minimum atomic E-state index is -0.412. The molecule has 3 N–H and O–H groups in total. The summed E-state index contributed by atoms with van der Waals surface area (Å²) in [5, 5.41) is 2.46. The van der Waals surface area contributed by atoms with Gasteiger partial charge in [-0.25, -0.2) is 0 Å². The summed E-state index contributed by atoms with van der Waals surface area (Å²) < 4.78 is 5.75. The lowest BCUT2D eigenvalue weighted by Crippen LogP contribution is -2.48. The molecular weight excluding hydrogens is 394 g/mol. The second-order valence-electron chi connectivity index (χ2n) is 4.58. The van der Waals surface area contributed by atoms with Crippen LogP contribution in [0.5, 0.6) is 5.75 Å². The molecule has 2 aromatic rings. The van der Waals surface area contributed by atoms with Crippen LogP contribution < -0.4 is 20.9 Å². The number of hydrogen-bond acceptors (Lipinski definition) is 4. The SMILES string of the molecule is COc1ccc(C(=O)NC(=S)NNC(=O)c2ccccc2)cc1Br. The molecule has 24 heavy (non-hydrogen) atoms. The Hall–Kier alpha value is -2.45. The van der Waals surface area contributed by atoms with Crippen LogP contribution in [-0.2, 0) is 0 Å². The van der Waals surface area contributed by atoms with Gasteiger partial charge in [0, 0.05) is 11.1 Å². The first-order chi connectivity index (χ1) is 11.5. The number of nitrogens with one attached hydrogen (secondary N) is 3. The maximum Gasteiger partial charge on any atom is 0.269 e. The molecule has 0 aromatic heterocycles. The summed E-state index contributed by atoms with van der Waals surface area (Å²) in [6.45, 7) is 0. The van der Waals surface area contributed by atoms with E-state index >= 15 is 0 Å². The summed E-state index contributed by atoms with van der Waals surface area (Å²) in [5.74, 6) is -0.161. The van der Waals surface area contributed by atoms with Crippen LogP contribution in [0.1, 0.15) is 20.7 Å². The minimum absolute atomic E-state index is 0.0174. The van der Waals surface area contributed by atoms with Crippen molar-refractivity contribution in [3.63, 3.8) is 0 Å². The Kier molecular flexibility index (Phi) is 6.28. The summed E-state index contributed by atoms with van der Waals surface area (Å²) in [7, 11) is 1.54. The van der Waals surface area contributed by atoms with Crippen molar-refractivity contribution in [1.29, 1.82) is 0 Å². The van der Waals surface area contributed by atoms with Gasteiger partial charge in [0.2, 0.25) is 0 Å². The summed E-state index contributed by atoms with van der Waals surface area (Å²) >= 11 is 8.29. The number of carbonyl (C=O) groups excluding carboxylic acids is 2. The van der Waals surface area contributed by atoms with Crippen LogP contribution in [0.15, 0.2) is 53.0 Å². The van der Waals surface area contributed by atoms with Gasteiger partial charge in [-0.1, -0.05) is 18.2 Å². The highest BCUT2D eigenvalue weighted by Crippen LogP contribution is 2.25. The lowest BCUT2D eigenvalue weighted by atomic mass is 10.2. The second kappa shape index (κ2) is 8.42. The molecular formula is C16H14BrN3O3S. The quantitative estimate of drug-likeness (QED) is 0.537. The van der Waals surface area contributed by atoms with E-state index in [4.69, 9.17) is 17.0 Å². The zero-order chi connectivity index (χ0) is 17.5. The van der Waals surface area contributed by atoms with Gasteiger partial charge in [0.1, 0.15) is 5.75 Å². The third kappa shape index (κ3) is 4.77. The fraction of sp³-hybridized carbons (Fsp3) is 0.0625. The third-order valence-corrected chi connectivity index (χ3v) is 3.79. The van der Waals surface area contributed by atoms with Crippen molar-refractivity contribution in [3.8, 4) is 5.75 Å². The Morgan fingerprint density at radius 1 is 1.00 bits per heavy atom. The van der Waals surface area contributed by atoms with Crippen LogP contribution in [0.3, 0.4) is 0 Å². The van der Waals surface area contributed by atoms with E-state index in [1.54, 1.807) is 42.5 Å². The van der Waals surface area contributed by atoms with Crippen molar-refractivity contribution in [2.45, 2.75) is 0 Å². The summed E-state index contributed by atoms with van der Waals surface area (Å²) in [6, 6.07) is 13.5. The van der Waals surface area contributed by atoms with E-state index in [-0.39, 0.29) is 11.0 Å². The first-order valence-electron chi connectivity index (χ1n) is 6.81. The molecule has 0 bridgehead atoms. The number of hydrazine groups is 1. The van der Waals surface area contributed by atoms with Crippen LogP contribution in [0.2, 0.25) is 0 Å². The molecule has 0 aliphatic carbocycles. The first kappa shape index (κ1) is 17.9. The smallest absolute Gasteiger partial charge is 0.269 e.